The van der Waals surface area contributed by atoms with E-state index in [-0.39, 0.29) is 10.8 Å². The molecular formula is C17H24N2O4S. The van der Waals surface area contributed by atoms with Crippen LogP contribution in [0.2, 0.25) is 0 Å². The molecule has 1 aromatic carbocycles. The number of rotatable bonds is 3. The molecule has 0 aromatic heterocycles. The summed E-state index contributed by atoms with van der Waals surface area (Å²) in [5.41, 5.74) is 0.420. The summed E-state index contributed by atoms with van der Waals surface area (Å²) >= 11 is 0. The lowest BCUT2D eigenvalue weighted by molar-refractivity contribution is 0.0302. The quantitative estimate of drug-likeness (QED) is 0.828. The second kappa shape index (κ2) is 7.21. The largest absolute Gasteiger partial charge is 0.378 e. The molecule has 0 saturated carbocycles. The molecule has 0 unspecified atom stereocenters. The molecule has 0 spiro atoms. The molecule has 3 rings (SSSR count). The highest BCUT2D eigenvalue weighted by Crippen LogP contribution is 2.24. The lowest BCUT2D eigenvalue weighted by Gasteiger charge is -2.30. The normalized spacial score (nSPS) is 21.0. The van der Waals surface area contributed by atoms with Gasteiger partial charge in [0, 0.05) is 31.7 Å². The van der Waals surface area contributed by atoms with E-state index in [9.17, 15) is 13.2 Å². The highest BCUT2D eigenvalue weighted by atomic mass is 32.2. The fourth-order valence-corrected chi connectivity index (χ4v) is 4.63. The topological polar surface area (TPSA) is 66.9 Å². The molecule has 1 aromatic rings. The second-order valence-electron chi connectivity index (χ2n) is 6.52. The summed E-state index contributed by atoms with van der Waals surface area (Å²) in [6, 6.07) is 6.40. The third-order valence-electron chi connectivity index (χ3n) is 4.76. The molecular weight excluding hydrogens is 328 g/mol. The minimum atomic E-state index is -3.53. The Morgan fingerprint density at radius 1 is 1.12 bits per heavy atom. The van der Waals surface area contributed by atoms with E-state index in [1.54, 1.807) is 23.1 Å². The molecule has 0 N–H and O–H groups in total. The molecule has 1 amide bonds. The summed E-state index contributed by atoms with van der Waals surface area (Å²) < 4.78 is 32.4. The van der Waals surface area contributed by atoms with Crippen molar-refractivity contribution in [2.45, 2.75) is 24.7 Å². The first kappa shape index (κ1) is 17.4. The van der Waals surface area contributed by atoms with Crippen LogP contribution in [0.25, 0.3) is 0 Å². The maximum atomic E-state index is 12.8. The number of sulfonamides is 1. The molecule has 2 aliphatic heterocycles. The molecule has 0 radical (unpaired) electrons. The number of piperidine rings is 1. The monoisotopic (exact) mass is 352 g/mol. The summed E-state index contributed by atoms with van der Waals surface area (Å²) in [6.07, 6.45) is 1.76. The number of carbonyl (C=O) groups excluding carboxylic acids is 1. The summed E-state index contributed by atoms with van der Waals surface area (Å²) in [5.74, 6) is 0.424. The number of carbonyl (C=O) groups is 1. The van der Waals surface area contributed by atoms with Crippen LogP contribution in [-0.4, -0.2) is 62.9 Å². The molecule has 2 aliphatic rings. The van der Waals surface area contributed by atoms with E-state index in [0.717, 1.165) is 12.8 Å². The Morgan fingerprint density at radius 3 is 2.46 bits per heavy atom. The van der Waals surface area contributed by atoms with Crippen molar-refractivity contribution in [2.24, 2.45) is 5.92 Å². The molecule has 7 heteroatoms. The van der Waals surface area contributed by atoms with Gasteiger partial charge in [-0.25, -0.2) is 8.42 Å². The molecule has 0 bridgehead atoms. The van der Waals surface area contributed by atoms with Gasteiger partial charge in [-0.05, 0) is 37.0 Å². The summed E-state index contributed by atoms with van der Waals surface area (Å²) in [6.45, 7) is 5.37. The van der Waals surface area contributed by atoms with Crippen LogP contribution in [0.3, 0.4) is 0 Å². The van der Waals surface area contributed by atoms with Gasteiger partial charge in [0.15, 0.2) is 0 Å². The van der Waals surface area contributed by atoms with Crippen LogP contribution in [0, 0.1) is 5.92 Å². The average molecular weight is 352 g/mol. The zero-order valence-electron chi connectivity index (χ0n) is 14.0. The standard InChI is InChI=1S/C17H24N2O4S/c1-14-5-7-19(8-6-14)24(21,22)16-4-2-3-15(13-16)17(20)18-9-11-23-12-10-18/h2-4,13-14H,5-12H2,1H3. The van der Waals surface area contributed by atoms with Crippen LogP contribution in [0.4, 0.5) is 0 Å². The summed E-state index contributed by atoms with van der Waals surface area (Å²) in [4.78, 5) is 14.5. The molecule has 2 fully saturated rings. The number of hydrogen-bond donors (Lipinski definition) is 0. The van der Waals surface area contributed by atoms with E-state index in [0.29, 0.717) is 50.9 Å². The summed E-state index contributed by atoms with van der Waals surface area (Å²) in [7, 11) is -3.53. The Labute approximate surface area is 143 Å². The van der Waals surface area contributed by atoms with E-state index in [1.165, 1.54) is 10.4 Å². The van der Waals surface area contributed by atoms with E-state index in [1.807, 2.05) is 0 Å². The predicted octanol–water partition coefficient (Wildman–Crippen LogP) is 1.58. The van der Waals surface area contributed by atoms with Gasteiger partial charge in [0.25, 0.3) is 5.91 Å². The number of morpholine rings is 1. The number of amides is 1. The van der Waals surface area contributed by atoms with Gasteiger partial charge >= 0.3 is 0 Å². The molecule has 2 saturated heterocycles. The third kappa shape index (κ3) is 3.63. The minimum absolute atomic E-state index is 0.136. The van der Waals surface area contributed by atoms with Gasteiger partial charge in [-0.1, -0.05) is 13.0 Å². The molecule has 132 valence electrons. The third-order valence-corrected chi connectivity index (χ3v) is 6.65. The lowest BCUT2D eigenvalue weighted by Crippen LogP contribution is -2.41. The van der Waals surface area contributed by atoms with Crippen molar-refractivity contribution in [1.29, 1.82) is 0 Å². The van der Waals surface area contributed by atoms with Crippen LogP contribution in [0.1, 0.15) is 30.1 Å². The SMILES string of the molecule is CC1CCN(S(=O)(=O)c2cccc(C(=O)N3CCOCC3)c2)CC1. The first-order chi connectivity index (χ1) is 11.5. The Hall–Kier alpha value is -1.44. The van der Waals surface area contributed by atoms with E-state index >= 15 is 0 Å². The number of hydrogen-bond acceptors (Lipinski definition) is 4. The van der Waals surface area contributed by atoms with Gasteiger partial charge in [0.05, 0.1) is 18.1 Å². The fourth-order valence-electron chi connectivity index (χ4n) is 3.11. The first-order valence-electron chi connectivity index (χ1n) is 8.46. The lowest BCUT2D eigenvalue weighted by atomic mass is 10.0. The number of benzene rings is 1. The van der Waals surface area contributed by atoms with Crippen LogP contribution in [0.5, 0.6) is 0 Å². The van der Waals surface area contributed by atoms with Crippen molar-refractivity contribution in [2.75, 3.05) is 39.4 Å². The molecule has 2 heterocycles. The first-order valence-corrected chi connectivity index (χ1v) is 9.90. The maximum Gasteiger partial charge on any atom is 0.254 e. The molecule has 0 atom stereocenters. The minimum Gasteiger partial charge on any atom is -0.378 e. The van der Waals surface area contributed by atoms with Crippen molar-refractivity contribution >= 4 is 15.9 Å². The van der Waals surface area contributed by atoms with E-state index < -0.39 is 10.0 Å². The number of ether oxygens (including phenoxy) is 1. The predicted molar refractivity (Wildman–Crippen MR) is 90.3 cm³/mol. The Balaban J connectivity index is 1.80. The van der Waals surface area contributed by atoms with Crippen LogP contribution in [-0.2, 0) is 14.8 Å². The van der Waals surface area contributed by atoms with Gasteiger partial charge in [-0.15, -0.1) is 0 Å². The van der Waals surface area contributed by atoms with Crippen molar-refractivity contribution in [3.63, 3.8) is 0 Å². The van der Waals surface area contributed by atoms with Crippen molar-refractivity contribution in [3.8, 4) is 0 Å². The smallest absolute Gasteiger partial charge is 0.254 e. The number of nitrogens with zero attached hydrogens (tertiary/aromatic N) is 2. The van der Waals surface area contributed by atoms with Gasteiger partial charge in [-0.3, -0.25) is 4.79 Å². The highest BCUT2D eigenvalue weighted by molar-refractivity contribution is 7.89. The Bertz CT molecular complexity index is 690. The average Bonchev–Trinajstić information content (AvgIpc) is 2.62. The van der Waals surface area contributed by atoms with Gasteiger partial charge in [0.2, 0.25) is 10.0 Å². The van der Waals surface area contributed by atoms with Crippen LogP contribution in [0.15, 0.2) is 29.2 Å². The van der Waals surface area contributed by atoms with Gasteiger partial charge < -0.3 is 9.64 Å². The fraction of sp³-hybridized carbons (Fsp3) is 0.588. The van der Waals surface area contributed by atoms with Crippen molar-refractivity contribution in [1.82, 2.24) is 9.21 Å². The highest BCUT2D eigenvalue weighted by Gasteiger charge is 2.29. The van der Waals surface area contributed by atoms with Crippen molar-refractivity contribution in [3.05, 3.63) is 29.8 Å². The van der Waals surface area contributed by atoms with Crippen molar-refractivity contribution < 1.29 is 17.9 Å². The Kier molecular flexibility index (Phi) is 5.22. The zero-order valence-corrected chi connectivity index (χ0v) is 14.8. The Morgan fingerprint density at radius 2 is 1.79 bits per heavy atom. The van der Waals surface area contributed by atoms with Gasteiger partial charge in [0.1, 0.15) is 0 Å². The molecule has 6 nitrogen and oxygen atoms in total. The summed E-state index contributed by atoms with van der Waals surface area (Å²) in [5, 5.41) is 0. The van der Waals surface area contributed by atoms with Gasteiger partial charge in [-0.2, -0.15) is 4.31 Å². The van der Waals surface area contributed by atoms with Crippen LogP contribution >= 0.6 is 0 Å². The maximum absolute atomic E-state index is 12.8. The van der Waals surface area contributed by atoms with E-state index in [2.05, 4.69) is 6.92 Å². The molecule has 0 aliphatic carbocycles. The molecule has 24 heavy (non-hydrogen) atoms. The second-order valence-corrected chi connectivity index (χ2v) is 8.46. The zero-order chi connectivity index (χ0) is 17.2. The van der Waals surface area contributed by atoms with Crippen LogP contribution < -0.4 is 0 Å². The van der Waals surface area contributed by atoms with E-state index in [4.69, 9.17) is 4.74 Å².